The van der Waals surface area contributed by atoms with Gasteiger partial charge in [-0.3, -0.25) is 9.89 Å². The predicted molar refractivity (Wildman–Crippen MR) is 133 cm³/mol. The van der Waals surface area contributed by atoms with Crippen molar-refractivity contribution in [1.29, 1.82) is 0 Å². The van der Waals surface area contributed by atoms with Gasteiger partial charge in [-0.05, 0) is 24.7 Å². The summed E-state index contributed by atoms with van der Waals surface area (Å²) in [6.45, 7) is 8.12. The van der Waals surface area contributed by atoms with Gasteiger partial charge in [0.1, 0.15) is 0 Å². The van der Waals surface area contributed by atoms with Crippen LogP contribution in [0.15, 0.2) is 35.3 Å². The highest BCUT2D eigenvalue weighted by Crippen LogP contribution is 2.34. The molecule has 2 heterocycles. The fourth-order valence-corrected chi connectivity index (χ4v) is 5.38. The molecule has 2 fully saturated rings. The Kier molecular flexibility index (Phi) is 11.1. The molecule has 3 rings (SSSR count). The summed E-state index contributed by atoms with van der Waals surface area (Å²) >= 11 is 2.03. The van der Waals surface area contributed by atoms with Gasteiger partial charge in [-0.15, -0.1) is 24.0 Å². The van der Waals surface area contributed by atoms with Crippen LogP contribution in [0, 0.1) is 0 Å². The Balaban J connectivity index is 0.00000300. The molecule has 1 aromatic carbocycles. The fraction of sp³-hybridized carbons (Fsp3) is 0.667. The number of guanidine groups is 1. The average molecular weight is 535 g/mol. The number of thioether (sulfide) groups is 1. The maximum absolute atomic E-state index is 9.81. The van der Waals surface area contributed by atoms with Crippen LogP contribution in [0.4, 0.5) is 0 Å². The van der Waals surface area contributed by atoms with E-state index in [9.17, 15) is 5.11 Å². The smallest absolute Gasteiger partial charge is 0.191 e. The number of aliphatic hydroxyl groups excluding tert-OH is 1. The van der Waals surface area contributed by atoms with Crippen molar-refractivity contribution < 1.29 is 9.84 Å². The van der Waals surface area contributed by atoms with Crippen LogP contribution in [0.3, 0.4) is 0 Å². The van der Waals surface area contributed by atoms with Crippen molar-refractivity contribution in [2.45, 2.75) is 24.8 Å². The third kappa shape index (κ3) is 6.99. The largest absolute Gasteiger partial charge is 0.396 e. The lowest BCUT2D eigenvalue weighted by atomic mass is 9.96. The maximum atomic E-state index is 9.81. The molecule has 6 nitrogen and oxygen atoms in total. The lowest BCUT2D eigenvalue weighted by Crippen LogP contribution is -2.56. The number of nitrogens with one attached hydrogen (secondary N) is 2. The van der Waals surface area contributed by atoms with Crippen LogP contribution in [-0.2, 0) is 4.74 Å². The zero-order valence-electron chi connectivity index (χ0n) is 17.3. The number of halogens is 1. The lowest BCUT2D eigenvalue weighted by Gasteiger charge is -2.42. The Hall–Kier alpha value is -0.550. The Bertz CT molecular complexity index is 608. The first kappa shape index (κ1) is 24.7. The van der Waals surface area contributed by atoms with Gasteiger partial charge in [0.15, 0.2) is 5.96 Å². The first-order valence-electron chi connectivity index (χ1n) is 10.4. The van der Waals surface area contributed by atoms with E-state index in [1.54, 1.807) is 0 Å². The van der Waals surface area contributed by atoms with Crippen LogP contribution in [0.25, 0.3) is 0 Å². The lowest BCUT2D eigenvalue weighted by molar-refractivity contribution is -0.0104. The van der Waals surface area contributed by atoms with E-state index in [-0.39, 0.29) is 42.0 Å². The molecule has 2 unspecified atom stereocenters. The maximum Gasteiger partial charge on any atom is 0.191 e. The van der Waals surface area contributed by atoms with Crippen molar-refractivity contribution in [1.82, 2.24) is 15.5 Å². The van der Waals surface area contributed by atoms with E-state index in [1.807, 2.05) is 30.0 Å². The number of hydrogen-bond donors (Lipinski definition) is 3. The molecule has 2 saturated heterocycles. The number of aliphatic hydroxyl groups is 1. The molecule has 2 aliphatic rings. The number of aliphatic imine (C=N–C) groups is 1. The molecule has 0 aromatic heterocycles. The second-order valence-corrected chi connectivity index (χ2v) is 8.60. The van der Waals surface area contributed by atoms with Crippen molar-refractivity contribution >= 4 is 41.7 Å². The zero-order valence-corrected chi connectivity index (χ0v) is 20.5. The first-order chi connectivity index (χ1) is 13.8. The van der Waals surface area contributed by atoms with Gasteiger partial charge >= 0.3 is 0 Å². The third-order valence-corrected chi connectivity index (χ3v) is 6.88. The molecule has 0 aliphatic carbocycles. The molecular formula is C21H35IN4O2S. The van der Waals surface area contributed by atoms with E-state index in [0.717, 1.165) is 56.7 Å². The fourth-order valence-electron chi connectivity index (χ4n) is 3.91. The minimum Gasteiger partial charge on any atom is -0.396 e. The molecule has 164 valence electrons. The monoisotopic (exact) mass is 534 g/mol. The van der Waals surface area contributed by atoms with Crippen LogP contribution in [0.2, 0.25) is 0 Å². The summed E-state index contributed by atoms with van der Waals surface area (Å²) < 4.78 is 5.56. The molecule has 0 radical (unpaired) electrons. The molecule has 29 heavy (non-hydrogen) atoms. The number of nitrogens with zero attached hydrogens (tertiary/aromatic N) is 2. The minimum atomic E-state index is 0. The Morgan fingerprint density at radius 3 is 2.66 bits per heavy atom. The van der Waals surface area contributed by atoms with Gasteiger partial charge in [0.2, 0.25) is 0 Å². The second-order valence-electron chi connectivity index (χ2n) is 7.49. The van der Waals surface area contributed by atoms with Crippen LogP contribution in [0.1, 0.15) is 24.8 Å². The van der Waals surface area contributed by atoms with Crippen molar-refractivity contribution in [3.05, 3.63) is 35.9 Å². The topological polar surface area (TPSA) is 69.1 Å². The van der Waals surface area contributed by atoms with Gasteiger partial charge in [0.25, 0.3) is 0 Å². The average Bonchev–Trinajstić information content (AvgIpc) is 3.24. The SMILES string of the molecule is CCNC(=NCC1(N2CCOCC2)CCSC1)NCC(CO)c1ccccc1.I. The molecule has 0 bridgehead atoms. The molecule has 0 saturated carbocycles. The van der Waals surface area contributed by atoms with Crippen molar-refractivity contribution in [2.75, 3.05) is 64.1 Å². The Morgan fingerprint density at radius 2 is 2.03 bits per heavy atom. The van der Waals surface area contributed by atoms with Gasteiger partial charge in [0, 0.05) is 37.8 Å². The second kappa shape index (κ2) is 13.0. The number of rotatable bonds is 8. The van der Waals surface area contributed by atoms with E-state index in [0.29, 0.717) is 6.54 Å². The molecule has 0 spiro atoms. The highest BCUT2D eigenvalue weighted by Gasteiger charge is 2.40. The van der Waals surface area contributed by atoms with Crippen LogP contribution in [-0.4, -0.2) is 85.6 Å². The van der Waals surface area contributed by atoms with Gasteiger partial charge in [-0.1, -0.05) is 30.3 Å². The summed E-state index contributed by atoms with van der Waals surface area (Å²) in [5.41, 5.74) is 1.29. The molecular weight excluding hydrogens is 499 g/mol. The summed E-state index contributed by atoms with van der Waals surface area (Å²) in [7, 11) is 0. The van der Waals surface area contributed by atoms with E-state index in [2.05, 4.69) is 34.6 Å². The van der Waals surface area contributed by atoms with Gasteiger partial charge in [-0.2, -0.15) is 11.8 Å². The summed E-state index contributed by atoms with van der Waals surface area (Å²) in [5, 5.41) is 16.6. The number of ether oxygens (including phenoxy) is 1. The summed E-state index contributed by atoms with van der Waals surface area (Å²) in [6, 6.07) is 10.2. The third-order valence-electron chi connectivity index (χ3n) is 5.65. The van der Waals surface area contributed by atoms with Crippen molar-refractivity contribution in [2.24, 2.45) is 4.99 Å². The van der Waals surface area contributed by atoms with E-state index >= 15 is 0 Å². The van der Waals surface area contributed by atoms with Crippen LogP contribution < -0.4 is 10.6 Å². The first-order valence-corrected chi connectivity index (χ1v) is 11.5. The molecule has 2 atom stereocenters. The molecule has 0 amide bonds. The highest BCUT2D eigenvalue weighted by atomic mass is 127. The summed E-state index contributed by atoms with van der Waals surface area (Å²) in [4.78, 5) is 7.55. The van der Waals surface area contributed by atoms with Crippen LogP contribution in [0.5, 0.6) is 0 Å². The number of hydrogen-bond acceptors (Lipinski definition) is 5. The van der Waals surface area contributed by atoms with E-state index < -0.39 is 0 Å². The molecule has 2 aliphatic heterocycles. The number of morpholine rings is 1. The normalized spacial score (nSPS) is 24.0. The zero-order chi connectivity index (χ0) is 19.7. The minimum absolute atomic E-state index is 0. The van der Waals surface area contributed by atoms with Crippen molar-refractivity contribution in [3.63, 3.8) is 0 Å². The highest BCUT2D eigenvalue weighted by molar-refractivity contribution is 14.0. The van der Waals surface area contributed by atoms with Gasteiger partial charge < -0.3 is 20.5 Å². The van der Waals surface area contributed by atoms with Crippen LogP contribution >= 0.6 is 35.7 Å². The summed E-state index contributed by atoms with van der Waals surface area (Å²) in [5.74, 6) is 3.23. The standard InChI is InChI=1S/C21H34N4O2S.HI/c1-2-22-20(23-14-19(15-26)18-6-4-3-5-7-18)24-16-21(8-13-28-17-21)25-9-11-27-12-10-25;/h3-7,19,26H,2,8-17H2,1H3,(H2,22,23,24);1H. The van der Waals surface area contributed by atoms with E-state index in [4.69, 9.17) is 9.73 Å². The number of benzene rings is 1. The molecule has 3 N–H and O–H groups in total. The molecule has 1 aromatic rings. The van der Waals surface area contributed by atoms with Gasteiger partial charge in [0.05, 0.1) is 31.9 Å². The Morgan fingerprint density at radius 1 is 1.28 bits per heavy atom. The molecule has 8 heteroatoms. The van der Waals surface area contributed by atoms with Gasteiger partial charge in [-0.25, -0.2) is 0 Å². The van der Waals surface area contributed by atoms with E-state index in [1.165, 1.54) is 12.2 Å². The summed E-state index contributed by atoms with van der Waals surface area (Å²) in [6.07, 6.45) is 1.18. The predicted octanol–water partition coefficient (Wildman–Crippen LogP) is 2.14. The van der Waals surface area contributed by atoms with Crippen molar-refractivity contribution in [3.8, 4) is 0 Å². The Labute approximate surface area is 196 Å². The quantitative estimate of drug-likeness (QED) is 0.270.